The molecule has 4 aromatic heterocycles. The molecule has 0 atom stereocenters. The van der Waals surface area contributed by atoms with Crippen molar-refractivity contribution in [3.8, 4) is 44.8 Å². The number of fused-ring (bicyclic) bond motifs is 12. The lowest BCUT2D eigenvalue weighted by Crippen LogP contribution is -1.96. The first-order valence-corrected chi connectivity index (χ1v) is 22.7. The molecule has 0 N–H and O–H groups in total. The van der Waals surface area contributed by atoms with Gasteiger partial charge in [-0.3, -0.25) is 0 Å². The first-order valence-electron chi connectivity index (χ1n) is 21.8. The molecule has 0 amide bonds. The SMILES string of the molecule is c1cc(-c2cccc3sc4ccccc4c23)cc(-n2c3ccccc3c3c(-c4cccc5c6ccccc6n(-c6ccc(-c7cccc8c7oc7ccccc78)cc6)c45)cccc32)c1. The first-order chi connectivity index (χ1) is 31.8. The highest BCUT2D eigenvalue weighted by Crippen LogP contribution is 2.45. The van der Waals surface area contributed by atoms with Crippen molar-refractivity contribution in [2.75, 3.05) is 0 Å². The molecule has 298 valence electrons. The molecule has 10 aromatic carbocycles. The number of aromatic nitrogens is 2. The van der Waals surface area contributed by atoms with Gasteiger partial charge in [-0.05, 0) is 82.9 Å². The van der Waals surface area contributed by atoms with Crippen LogP contribution in [0, 0.1) is 0 Å². The summed E-state index contributed by atoms with van der Waals surface area (Å²) in [6, 6.07) is 79.7. The van der Waals surface area contributed by atoms with Crippen molar-refractivity contribution in [1.29, 1.82) is 0 Å². The summed E-state index contributed by atoms with van der Waals surface area (Å²) in [7, 11) is 0. The number of thiophene rings is 1. The van der Waals surface area contributed by atoms with E-state index in [1.807, 2.05) is 23.5 Å². The van der Waals surface area contributed by atoms with Gasteiger partial charge in [0.1, 0.15) is 11.2 Å². The molecule has 0 radical (unpaired) electrons. The van der Waals surface area contributed by atoms with Crippen LogP contribution in [0.3, 0.4) is 0 Å². The Morgan fingerprint density at radius 1 is 0.328 bits per heavy atom. The molecule has 0 unspecified atom stereocenters. The minimum atomic E-state index is 0.909. The zero-order chi connectivity index (χ0) is 41.9. The third-order valence-corrected chi connectivity index (χ3v) is 14.5. The average Bonchev–Trinajstić information content (AvgIpc) is 4.12. The molecule has 14 aromatic rings. The number of para-hydroxylation sites is 5. The molecule has 0 saturated carbocycles. The summed E-state index contributed by atoms with van der Waals surface area (Å²) in [6.07, 6.45) is 0. The molecule has 0 aliphatic rings. The van der Waals surface area contributed by atoms with Crippen LogP contribution in [0.5, 0.6) is 0 Å². The van der Waals surface area contributed by atoms with Gasteiger partial charge in [-0.1, -0.05) is 158 Å². The van der Waals surface area contributed by atoms with Gasteiger partial charge in [0.05, 0.1) is 22.1 Å². The van der Waals surface area contributed by atoms with Crippen LogP contribution in [0.2, 0.25) is 0 Å². The fourth-order valence-electron chi connectivity index (χ4n) is 10.6. The second-order valence-electron chi connectivity index (χ2n) is 16.8. The standard InChI is InChI=1S/C60H36N2OS/c1-5-26-51-43(16-1)46-23-11-24-47(59(46)62(51)39-34-32-37(33-35-39)42-21-10-25-48-44-17-3-7-29-54(44)63-60(42)48)45-22-12-28-53-57(45)49-18-2-6-27-52(49)61(53)40-15-9-14-38(36-40)41-20-13-31-56-58(41)50-19-4-8-30-55(50)64-56/h1-36H. The van der Waals surface area contributed by atoms with E-state index in [4.69, 9.17) is 4.42 Å². The smallest absolute Gasteiger partial charge is 0.143 e. The van der Waals surface area contributed by atoms with Crippen molar-refractivity contribution >= 4 is 97.1 Å². The third-order valence-electron chi connectivity index (χ3n) is 13.3. The first kappa shape index (κ1) is 35.4. The number of hydrogen-bond acceptors (Lipinski definition) is 2. The maximum Gasteiger partial charge on any atom is 0.143 e. The van der Waals surface area contributed by atoms with Gasteiger partial charge < -0.3 is 13.6 Å². The summed E-state index contributed by atoms with van der Waals surface area (Å²) in [5, 5.41) is 9.85. The molecule has 14 rings (SSSR count). The molecule has 0 aliphatic carbocycles. The second kappa shape index (κ2) is 13.7. The largest absolute Gasteiger partial charge is 0.455 e. The van der Waals surface area contributed by atoms with Crippen LogP contribution in [0.15, 0.2) is 223 Å². The fraction of sp³-hybridized carbons (Fsp3) is 0. The normalized spacial score (nSPS) is 12.1. The Bertz CT molecular complexity index is 4200. The Morgan fingerprint density at radius 3 is 1.81 bits per heavy atom. The van der Waals surface area contributed by atoms with Gasteiger partial charge in [0.15, 0.2) is 0 Å². The molecule has 0 bridgehead atoms. The summed E-state index contributed by atoms with van der Waals surface area (Å²) < 4.78 is 14.0. The molecule has 0 aliphatic heterocycles. The summed E-state index contributed by atoms with van der Waals surface area (Å²) >= 11 is 1.87. The highest BCUT2D eigenvalue weighted by Gasteiger charge is 2.22. The van der Waals surface area contributed by atoms with Crippen LogP contribution < -0.4 is 0 Å². The third kappa shape index (κ3) is 5.09. The lowest BCUT2D eigenvalue weighted by Gasteiger charge is -2.14. The van der Waals surface area contributed by atoms with Crippen LogP contribution in [0.25, 0.3) is 130 Å². The van der Waals surface area contributed by atoms with Crippen molar-refractivity contribution in [3.05, 3.63) is 218 Å². The predicted octanol–water partition coefficient (Wildman–Crippen LogP) is 17.1. The second-order valence-corrected chi connectivity index (χ2v) is 17.8. The van der Waals surface area contributed by atoms with E-state index in [0.717, 1.165) is 44.4 Å². The monoisotopic (exact) mass is 832 g/mol. The van der Waals surface area contributed by atoms with Crippen LogP contribution in [0.1, 0.15) is 0 Å². The number of furan rings is 1. The average molecular weight is 833 g/mol. The highest BCUT2D eigenvalue weighted by atomic mass is 32.1. The summed E-state index contributed by atoms with van der Waals surface area (Å²) in [6.45, 7) is 0. The van der Waals surface area contributed by atoms with Crippen LogP contribution >= 0.6 is 11.3 Å². The maximum absolute atomic E-state index is 6.46. The zero-order valence-electron chi connectivity index (χ0n) is 34.5. The van der Waals surface area contributed by atoms with Gasteiger partial charge >= 0.3 is 0 Å². The molecule has 64 heavy (non-hydrogen) atoms. The van der Waals surface area contributed by atoms with E-state index in [1.54, 1.807) is 0 Å². The van der Waals surface area contributed by atoms with Gasteiger partial charge in [0.2, 0.25) is 0 Å². The van der Waals surface area contributed by atoms with Crippen molar-refractivity contribution in [1.82, 2.24) is 9.13 Å². The molecule has 4 heterocycles. The minimum absolute atomic E-state index is 0.909. The van der Waals surface area contributed by atoms with E-state index in [1.165, 1.54) is 86.0 Å². The van der Waals surface area contributed by atoms with E-state index in [0.29, 0.717) is 0 Å². The molecule has 0 spiro atoms. The van der Waals surface area contributed by atoms with Gasteiger partial charge in [-0.15, -0.1) is 11.3 Å². The van der Waals surface area contributed by atoms with Crippen molar-refractivity contribution in [2.24, 2.45) is 0 Å². The van der Waals surface area contributed by atoms with Gasteiger partial charge in [0.25, 0.3) is 0 Å². The van der Waals surface area contributed by atoms with Crippen LogP contribution in [0.4, 0.5) is 0 Å². The highest BCUT2D eigenvalue weighted by molar-refractivity contribution is 7.25. The molecule has 3 nitrogen and oxygen atoms in total. The molecule has 0 fully saturated rings. The number of hydrogen-bond donors (Lipinski definition) is 0. The quantitative estimate of drug-likeness (QED) is 0.169. The predicted molar refractivity (Wildman–Crippen MR) is 272 cm³/mol. The summed E-state index contributed by atoms with van der Waals surface area (Å²) in [5.41, 5.74) is 15.9. The number of benzene rings is 10. The van der Waals surface area contributed by atoms with Crippen molar-refractivity contribution in [2.45, 2.75) is 0 Å². The fourth-order valence-corrected chi connectivity index (χ4v) is 11.8. The Balaban J connectivity index is 0.964. The van der Waals surface area contributed by atoms with Crippen molar-refractivity contribution < 1.29 is 4.42 Å². The Morgan fingerprint density at radius 2 is 0.938 bits per heavy atom. The minimum Gasteiger partial charge on any atom is -0.455 e. The van der Waals surface area contributed by atoms with Crippen molar-refractivity contribution in [3.63, 3.8) is 0 Å². The maximum atomic E-state index is 6.46. The van der Waals surface area contributed by atoms with Crippen LogP contribution in [-0.4, -0.2) is 9.13 Å². The molecular formula is C60H36N2OS. The van der Waals surface area contributed by atoms with Gasteiger partial charge in [-0.2, -0.15) is 0 Å². The Hall–Kier alpha value is -8.18. The number of rotatable bonds is 5. The Kier molecular flexibility index (Phi) is 7.56. The van der Waals surface area contributed by atoms with Crippen LogP contribution in [-0.2, 0) is 0 Å². The van der Waals surface area contributed by atoms with E-state index in [-0.39, 0.29) is 0 Å². The molecule has 0 saturated heterocycles. The lowest BCUT2D eigenvalue weighted by atomic mass is 9.97. The van der Waals surface area contributed by atoms with E-state index >= 15 is 0 Å². The Labute approximate surface area is 371 Å². The summed E-state index contributed by atoms with van der Waals surface area (Å²) in [5.74, 6) is 0. The van der Waals surface area contributed by atoms with Gasteiger partial charge in [-0.25, -0.2) is 0 Å². The van der Waals surface area contributed by atoms with E-state index in [9.17, 15) is 0 Å². The summed E-state index contributed by atoms with van der Waals surface area (Å²) in [4.78, 5) is 0. The molecular weight excluding hydrogens is 797 g/mol. The van der Waals surface area contributed by atoms with E-state index in [2.05, 4.69) is 215 Å². The molecule has 4 heteroatoms. The lowest BCUT2D eigenvalue weighted by molar-refractivity contribution is 0.670. The van der Waals surface area contributed by atoms with E-state index < -0.39 is 0 Å². The zero-order valence-corrected chi connectivity index (χ0v) is 35.3. The topological polar surface area (TPSA) is 23.0 Å². The number of nitrogens with zero attached hydrogens (tertiary/aromatic N) is 2. The van der Waals surface area contributed by atoms with Gasteiger partial charge in [0, 0.05) is 75.0 Å².